The largest absolute Gasteiger partial charge is 0.345 e. The van der Waals surface area contributed by atoms with Crippen molar-refractivity contribution in [2.24, 2.45) is 0 Å². The molecule has 2 aromatic heterocycles. The lowest BCUT2D eigenvalue weighted by atomic mass is 10.0. The maximum absolute atomic E-state index is 12.2. The maximum atomic E-state index is 12.2. The molecule has 2 N–H and O–H groups in total. The van der Waals surface area contributed by atoms with Gasteiger partial charge in [0.1, 0.15) is 0 Å². The van der Waals surface area contributed by atoms with E-state index in [0.717, 1.165) is 50.3 Å². The number of fused-ring (bicyclic) bond motifs is 1. The van der Waals surface area contributed by atoms with Crippen LogP contribution in [0.4, 0.5) is 11.6 Å². The Bertz CT molecular complexity index is 1400. The Morgan fingerprint density at radius 2 is 1.79 bits per heavy atom. The summed E-state index contributed by atoms with van der Waals surface area (Å²) in [6.45, 7) is 10.8. The fourth-order valence-corrected chi connectivity index (χ4v) is 4.39. The lowest BCUT2D eigenvalue weighted by molar-refractivity contribution is 0.0958. The van der Waals surface area contributed by atoms with E-state index < -0.39 is 0 Å². The van der Waals surface area contributed by atoms with Crippen LogP contribution >= 0.6 is 0 Å². The van der Waals surface area contributed by atoms with Gasteiger partial charge >= 0.3 is 0 Å². The molecule has 0 saturated carbocycles. The molecular formula is C27H28N6O. The highest BCUT2D eigenvalue weighted by atomic mass is 16.2. The van der Waals surface area contributed by atoms with Crippen LogP contribution in [0.25, 0.3) is 22.5 Å². The minimum Gasteiger partial charge on any atom is -0.345 e. The van der Waals surface area contributed by atoms with Crippen LogP contribution in [0.1, 0.15) is 52.6 Å². The average Bonchev–Trinajstić information content (AvgIpc) is 3.34. The number of carbonyl (C=O) groups excluding carboxylic acids is 1. The molecule has 1 atom stereocenters. The zero-order valence-corrected chi connectivity index (χ0v) is 20.1. The number of carbonyl (C=O) groups is 1. The first kappa shape index (κ1) is 21.8. The Morgan fingerprint density at radius 3 is 2.50 bits per heavy atom. The zero-order chi connectivity index (χ0) is 24.0. The molecule has 0 bridgehead atoms. The highest BCUT2D eigenvalue weighted by Gasteiger charge is 2.26. The van der Waals surface area contributed by atoms with E-state index in [2.05, 4.69) is 46.8 Å². The molecule has 0 fully saturated rings. The van der Waals surface area contributed by atoms with Crippen molar-refractivity contribution < 1.29 is 4.79 Å². The first-order valence-electron chi connectivity index (χ1n) is 11.6. The lowest BCUT2D eigenvalue weighted by Gasteiger charge is -2.12. The Hall–Kier alpha value is -4.00. The number of benzene rings is 2. The molecule has 4 aromatic rings. The van der Waals surface area contributed by atoms with Gasteiger partial charge in [-0.3, -0.25) is 9.78 Å². The Kier molecular flexibility index (Phi) is 5.40. The number of rotatable bonds is 5. The normalized spacial score (nSPS) is 14.7. The molecule has 0 spiro atoms. The van der Waals surface area contributed by atoms with Crippen LogP contribution in [-0.2, 0) is 6.54 Å². The fourth-order valence-electron chi connectivity index (χ4n) is 4.39. The molecule has 1 aliphatic rings. The van der Waals surface area contributed by atoms with Crippen molar-refractivity contribution >= 4 is 17.5 Å². The number of amides is 1. The summed E-state index contributed by atoms with van der Waals surface area (Å²) in [5, 5.41) is 11.2. The van der Waals surface area contributed by atoms with E-state index in [4.69, 9.17) is 10.1 Å². The highest BCUT2D eigenvalue weighted by Crippen LogP contribution is 2.33. The fraction of sp³-hybridized carbons (Fsp3) is 0.259. The summed E-state index contributed by atoms with van der Waals surface area (Å²) in [5.41, 5.74) is 8.96. The summed E-state index contributed by atoms with van der Waals surface area (Å²) in [4.78, 5) is 21.4. The third kappa shape index (κ3) is 3.83. The van der Waals surface area contributed by atoms with Gasteiger partial charge in [0.05, 0.1) is 6.04 Å². The van der Waals surface area contributed by atoms with Gasteiger partial charge in [-0.2, -0.15) is 4.98 Å². The van der Waals surface area contributed by atoms with Gasteiger partial charge in [0.2, 0.25) is 5.95 Å². The van der Waals surface area contributed by atoms with Crippen LogP contribution < -0.4 is 10.6 Å². The van der Waals surface area contributed by atoms with E-state index in [1.54, 1.807) is 0 Å². The van der Waals surface area contributed by atoms with Gasteiger partial charge in [-0.15, -0.1) is 5.10 Å². The van der Waals surface area contributed by atoms with Gasteiger partial charge in [0, 0.05) is 40.8 Å². The second-order valence-electron chi connectivity index (χ2n) is 8.87. The number of hydrogen-bond acceptors (Lipinski definition) is 5. The minimum atomic E-state index is -0.0171. The van der Waals surface area contributed by atoms with Crippen LogP contribution in [0.3, 0.4) is 0 Å². The third-order valence-electron chi connectivity index (χ3n) is 6.38. The number of aryl methyl sites for hydroxylation is 4. The van der Waals surface area contributed by atoms with Crippen molar-refractivity contribution in [1.82, 2.24) is 25.1 Å². The van der Waals surface area contributed by atoms with E-state index in [0.29, 0.717) is 18.3 Å². The summed E-state index contributed by atoms with van der Waals surface area (Å²) >= 11 is 0. The number of anilines is 2. The molecule has 7 heteroatoms. The predicted octanol–water partition coefficient (Wildman–Crippen LogP) is 5.50. The van der Waals surface area contributed by atoms with E-state index in [9.17, 15) is 4.79 Å². The molecule has 1 aliphatic heterocycles. The van der Waals surface area contributed by atoms with Gasteiger partial charge in [-0.25, -0.2) is 4.68 Å². The number of pyridine rings is 1. The Morgan fingerprint density at radius 1 is 1.00 bits per heavy atom. The number of hydrogen-bond donors (Lipinski definition) is 2. The standard InChI is InChI=1S/C27H28N6O/c1-6-33-27(30-24-13-22-18(5)29-26(34)23(22)12-16(24)3)31-25(32-33)21-10-9-19(11-15(21)2)20-8-7-17(4)28-14-20/h7-14,18H,6H2,1-5H3,(H,29,34)(H,30,31,32). The second-order valence-corrected chi connectivity index (χ2v) is 8.87. The topological polar surface area (TPSA) is 84.7 Å². The monoisotopic (exact) mass is 452 g/mol. The second kappa shape index (κ2) is 8.41. The molecule has 1 amide bonds. The van der Waals surface area contributed by atoms with E-state index in [1.165, 1.54) is 0 Å². The zero-order valence-electron chi connectivity index (χ0n) is 20.1. The van der Waals surface area contributed by atoms with Crippen molar-refractivity contribution in [3.8, 4) is 22.5 Å². The van der Waals surface area contributed by atoms with Gasteiger partial charge in [-0.05, 0) is 75.1 Å². The van der Waals surface area contributed by atoms with Gasteiger partial charge < -0.3 is 10.6 Å². The number of nitrogens with zero attached hydrogens (tertiary/aromatic N) is 4. The predicted molar refractivity (Wildman–Crippen MR) is 134 cm³/mol. The first-order chi connectivity index (χ1) is 16.3. The van der Waals surface area contributed by atoms with Crippen molar-refractivity contribution in [1.29, 1.82) is 0 Å². The van der Waals surface area contributed by atoms with E-state index >= 15 is 0 Å². The minimum absolute atomic E-state index is 0.00634. The Balaban J connectivity index is 1.47. The molecule has 7 nitrogen and oxygen atoms in total. The summed E-state index contributed by atoms with van der Waals surface area (Å²) in [7, 11) is 0. The summed E-state index contributed by atoms with van der Waals surface area (Å²) < 4.78 is 1.87. The molecular weight excluding hydrogens is 424 g/mol. The van der Waals surface area contributed by atoms with Crippen molar-refractivity contribution in [2.45, 2.75) is 47.2 Å². The molecule has 0 aliphatic carbocycles. The van der Waals surface area contributed by atoms with Crippen LogP contribution in [-0.4, -0.2) is 25.7 Å². The molecule has 3 heterocycles. The number of nitrogens with one attached hydrogen (secondary N) is 2. The van der Waals surface area contributed by atoms with Crippen LogP contribution in [0.5, 0.6) is 0 Å². The van der Waals surface area contributed by atoms with E-state index in [-0.39, 0.29) is 11.9 Å². The van der Waals surface area contributed by atoms with Crippen LogP contribution in [0, 0.1) is 20.8 Å². The van der Waals surface area contributed by atoms with Crippen molar-refractivity contribution in [3.05, 3.63) is 76.6 Å². The molecule has 34 heavy (non-hydrogen) atoms. The molecule has 2 aromatic carbocycles. The molecule has 0 radical (unpaired) electrons. The highest BCUT2D eigenvalue weighted by molar-refractivity contribution is 6.00. The SMILES string of the molecule is CCn1nc(-c2ccc(-c3ccc(C)nc3)cc2C)nc1Nc1cc2c(cc1C)C(=O)NC2C. The smallest absolute Gasteiger partial charge is 0.252 e. The van der Waals surface area contributed by atoms with E-state index in [1.807, 2.05) is 56.8 Å². The first-order valence-corrected chi connectivity index (χ1v) is 11.6. The van der Waals surface area contributed by atoms with Crippen LogP contribution in [0.2, 0.25) is 0 Å². The van der Waals surface area contributed by atoms with Gasteiger partial charge in [0.25, 0.3) is 5.91 Å². The Labute approximate surface area is 199 Å². The van der Waals surface area contributed by atoms with Crippen molar-refractivity contribution in [3.63, 3.8) is 0 Å². The molecule has 5 rings (SSSR count). The summed E-state index contributed by atoms with van der Waals surface area (Å²) in [6.07, 6.45) is 1.90. The molecule has 0 saturated heterocycles. The van der Waals surface area contributed by atoms with Gasteiger partial charge in [0.15, 0.2) is 5.82 Å². The molecule has 1 unspecified atom stereocenters. The average molecular weight is 453 g/mol. The molecule has 172 valence electrons. The third-order valence-corrected chi connectivity index (χ3v) is 6.38. The summed E-state index contributed by atoms with van der Waals surface area (Å²) in [6, 6.07) is 14.4. The quantitative estimate of drug-likeness (QED) is 0.418. The lowest BCUT2D eigenvalue weighted by Crippen LogP contribution is -2.16. The summed E-state index contributed by atoms with van der Waals surface area (Å²) in [5.74, 6) is 1.34. The van der Waals surface area contributed by atoms with Crippen molar-refractivity contribution in [2.75, 3.05) is 5.32 Å². The number of aromatic nitrogens is 4. The van der Waals surface area contributed by atoms with Crippen LogP contribution in [0.15, 0.2) is 48.7 Å². The maximum Gasteiger partial charge on any atom is 0.252 e. The van der Waals surface area contributed by atoms with Gasteiger partial charge in [-0.1, -0.05) is 24.3 Å².